The number of amides is 1. The van der Waals surface area contributed by atoms with Crippen LogP contribution in [0.25, 0.3) is 0 Å². The van der Waals surface area contributed by atoms with Crippen LogP contribution in [0.2, 0.25) is 0 Å². The van der Waals surface area contributed by atoms with Crippen LogP contribution in [0, 0.1) is 6.92 Å². The minimum absolute atomic E-state index is 0.0597. The Morgan fingerprint density at radius 1 is 1.19 bits per heavy atom. The number of thioether (sulfide) groups is 1. The monoisotopic (exact) mass is 367 g/mol. The van der Waals surface area contributed by atoms with Gasteiger partial charge in [-0.3, -0.25) is 9.69 Å². The third-order valence-electron chi connectivity index (χ3n) is 4.20. The van der Waals surface area contributed by atoms with Gasteiger partial charge in [0.2, 0.25) is 5.91 Å². The summed E-state index contributed by atoms with van der Waals surface area (Å²) >= 11 is 1.43. The Hall–Kier alpha value is -2.60. The third-order valence-corrected chi connectivity index (χ3v) is 5.26. The molecule has 1 saturated heterocycles. The van der Waals surface area contributed by atoms with Crippen LogP contribution in [0.4, 0.5) is 0 Å². The lowest BCUT2D eigenvalue weighted by Gasteiger charge is -2.16. The van der Waals surface area contributed by atoms with Crippen molar-refractivity contribution in [3.63, 3.8) is 0 Å². The van der Waals surface area contributed by atoms with E-state index in [1.54, 1.807) is 18.2 Å². The molecule has 1 aliphatic heterocycles. The topological polar surface area (TPSA) is 54.3 Å². The summed E-state index contributed by atoms with van der Waals surface area (Å²) in [6.07, 6.45) is 1.64. The van der Waals surface area contributed by atoms with Gasteiger partial charge < -0.3 is 4.74 Å². The molecular weight excluding hydrogens is 346 g/mol. The molecule has 1 fully saturated rings. The van der Waals surface area contributed by atoms with E-state index in [0.29, 0.717) is 11.7 Å². The van der Waals surface area contributed by atoms with Gasteiger partial charge in [0.25, 0.3) is 0 Å². The highest BCUT2D eigenvalue weighted by atomic mass is 32.2. The maximum Gasteiger partial charge on any atom is 0.242 e. The lowest BCUT2D eigenvalue weighted by atomic mass is 10.1. The van der Waals surface area contributed by atoms with Crippen molar-refractivity contribution >= 4 is 29.1 Å². The first-order valence-corrected chi connectivity index (χ1v) is 9.24. The molecule has 0 unspecified atom stereocenters. The summed E-state index contributed by atoms with van der Waals surface area (Å²) < 4.78 is 5.31. The normalized spacial score (nSPS) is 18.9. The lowest BCUT2D eigenvalue weighted by molar-refractivity contribution is -0.126. The molecule has 134 valence electrons. The smallest absolute Gasteiger partial charge is 0.242 e. The Bertz CT molecular complexity index is 864. The van der Waals surface area contributed by atoms with Crippen molar-refractivity contribution in [1.82, 2.24) is 4.90 Å². The first-order chi connectivity index (χ1) is 12.6. The zero-order valence-corrected chi connectivity index (χ0v) is 15.9. The number of ether oxygens (including phenoxy) is 1. The molecule has 1 aliphatic rings. The molecular formula is C20H21N3O2S. The summed E-state index contributed by atoms with van der Waals surface area (Å²) in [4.78, 5) is 14.2. The van der Waals surface area contributed by atoms with Gasteiger partial charge >= 0.3 is 0 Å². The fourth-order valence-electron chi connectivity index (χ4n) is 2.68. The van der Waals surface area contributed by atoms with Crippen molar-refractivity contribution in [2.24, 2.45) is 10.2 Å². The number of carbonyl (C=O) groups is 1. The molecule has 1 amide bonds. The number of aryl methyl sites for hydroxylation is 1. The summed E-state index contributed by atoms with van der Waals surface area (Å²) in [7, 11) is 1.62. The van der Waals surface area contributed by atoms with Crippen LogP contribution in [-0.4, -0.2) is 34.5 Å². The van der Waals surface area contributed by atoms with Gasteiger partial charge in [0.1, 0.15) is 5.75 Å². The second kappa shape index (κ2) is 8.19. The van der Waals surface area contributed by atoms with Crippen molar-refractivity contribution in [2.75, 3.05) is 7.11 Å². The number of amidine groups is 1. The highest BCUT2D eigenvalue weighted by Gasteiger charge is 2.35. The SMILES string of the molecule is COc1ccccc1/C=N\N=C1/S[C@H](C)C(=O)N1Cc1ccccc1C. The molecule has 0 N–H and O–H groups in total. The van der Waals surface area contributed by atoms with Crippen LogP contribution < -0.4 is 4.74 Å². The lowest BCUT2D eigenvalue weighted by Crippen LogP contribution is -2.31. The van der Waals surface area contributed by atoms with Crippen LogP contribution in [0.1, 0.15) is 23.6 Å². The van der Waals surface area contributed by atoms with Gasteiger partial charge in [0.15, 0.2) is 5.17 Å². The minimum atomic E-state index is -0.153. The average Bonchev–Trinajstić information content (AvgIpc) is 2.91. The average molecular weight is 367 g/mol. The first-order valence-electron chi connectivity index (χ1n) is 8.36. The molecule has 3 rings (SSSR count). The number of carbonyl (C=O) groups excluding carboxylic acids is 1. The Morgan fingerprint density at radius 2 is 1.92 bits per heavy atom. The van der Waals surface area contributed by atoms with E-state index in [1.807, 2.05) is 62.4 Å². The molecule has 0 spiro atoms. The highest BCUT2D eigenvalue weighted by molar-refractivity contribution is 8.15. The van der Waals surface area contributed by atoms with E-state index >= 15 is 0 Å². The van der Waals surface area contributed by atoms with Gasteiger partial charge in [-0.1, -0.05) is 48.2 Å². The zero-order valence-electron chi connectivity index (χ0n) is 15.0. The van der Waals surface area contributed by atoms with E-state index in [0.717, 1.165) is 22.4 Å². The number of nitrogens with zero attached hydrogens (tertiary/aromatic N) is 3. The van der Waals surface area contributed by atoms with Gasteiger partial charge in [-0.15, -0.1) is 5.10 Å². The number of benzene rings is 2. The van der Waals surface area contributed by atoms with Crippen molar-refractivity contribution in [2.45, 2.75) is 25.6 Å². The van der Waals surface area contributed by atoms with Crippen LogP contribution >= 0.6 is 11.8 Å². The second-order valence-corrected chi connectivity index (χ2v) is 7.29. The molecule has 1 heterocycles. The fourth-order valence-corrected chi connectivity index (χ4v) is 3.60. The van der Waals surface area contributed by atoms with Crippen molar-refractivity contribution in [3.05, 3.63) is 65.2 Å². The molecule has 5 nitrogen and oxygen atoms in total. The molecule has 0 aliphatic carbocycles. The maximum absolute atomic E-state index is 12.5. The van der Waals surface area contributed by atoms with Gasteiger partial charge in [-0.25, -0.2) is 0 Å². The van der Waals surface area contributed by atoms with Gasteiger partial charge in [-0.2, -0.15) is 5.10 Å². The molecule has 0 radical (unpaired) electrons. The third kappa shape index (κ3) is 3.96. The first kappa shape index (κ1) is 18.2. The number of rotatable bonds is 5. The van der Waals surface area contributed by atoms with Crippen LogP contribution in [0.3, 0.4) is 0 Å². The van der Waals surface area contributed by atoms with E-state index in [2.05, 4.69) is 10.2 Å². The van der Waals surface area contributed by atoms with Crippen LogP contribution in [-0.2, 0) is 11.3 Å². The summed E-state index contributed by atoms with van der Waals surface area (Å²) in [5.41, 5.74) is 3.10. The van der Waals surface area contributed by atoms with Gasteiger partial charge in [0.05, 0.1) is 25.1 Å². The van der Waals surface area contributed by atoms with E-state index in [9.17, 15) is 4.79 Å². The van der Waals surface area contributed by atoms with E-state index in [1.165, 1.54) is 11.8 Å². The number of hydrogen-bond acceptors (Lipinski definition) is 5. The van der Waals surface area contributed by atoms with Gasteiger partial charge in [-0.05, 0) is 37.1 Å². The predicted octanol–water partition coefficient (Wildman–Crippen LogP) is 3.86. The van der Waals surface area contributed by atoms with Crippen molar-refractivity contribution in [3.8, 4) is 5.75 Å². The van der Waals surface area contributed by atoms with Gasteiger partial charge in [0, 0.05) is 5.56 Å². The zero-order chi connectivity index (χ0) is 18.5. The Kier molecular flexibility index (Phi) is 5.73. The number of hydrogen-bond donors (Lipinski definition) is 0. The molecule has 0 bridgehead atoms. The Labute approximate surface area is 157 Å². The van der Waals surface area contributed by atoms with Crippen LogP contribution in [0.15, 0.2) is 58.7 Å². The quantitative estimate of drug-likeness (QED) is 0.596. The molecule has 2 aromatic rings. The molecule has 0 saturated carbocycles. The summed E-state index contributed by atoms with van der Waals surface area (Å²) in [5, 5.41) is 8.95. The summed E-state index contributed by atoms with van der Waals surface area (Å²) in [6.45, 7) is 4.44. The molecule has 26 heavy (non-hydrogen) atoms. The maximum atomic E-state index is 12.5. The van der Waals surface area contributed by atoms with E-state index < -0.39 is 0 Å². The second-order valence-electron chi connectivity index (χ2n) is 5.98. The van der Waals surface area contributed by atoms with E-state index in [4.69, 9.17) is 4.74 Å². The molecule has 6 heteroatoms. The van der Waals surface area contributed by atoms with Crippen LogP contribution in [0.5, 0.6) is 5.75 Å². The number of para-hydroxylation sites is 1. The van der Waals surface area contributed by atoms with E-state index in [-0.39, 0.29) is 11.2 Å². The molecule has 1 atom stereocenters. The predicted molar refractivity (Wildman–Crippen MR) is 107 cm³/mol. The molecule has 0 aromatic heterocycles. The fraction of sp³-hybridized carbons (Fsp3) is 0.250. The van der Waals surface area contributed by atoms with Crippen molar-refractivity contribution < 1.29 is 9.53 Å². The summed E-state index contributed by atoms with van der Waals surface area (Å²) in [5.74, 6) is 0.793. The number of methoxy groups -OCH3 is 1. The highest BCUT2D eigenvalue weighted by Crippen LogP contribution is 2.29. The summed E-state index contributed by atoms with van der Waals surface area (Å²) in [6, 6.07) is 15.6. The van der Waals surface area contributed by atoms with Crippen molar-refractivity contribution in [1.29, 1.82) is 0 Å². The Morgan fingerprint density at radius 3 is 2.69 bits per heavy atom. The molecule has 2 aromatic carbocycles. The largest absolute Gasteiger partial charge is 0.496 e. The Balaban J connectivity index is 1.82. The minimum Gasteiger partial charge on any atom is -0.496 e. The standard InChI is InChI=1S/C20H21N3O2S/c1-14-8-4-5-10-17(14)13-23-19(24)15(2)26-20(23)22-21-12-16-9-6-7-11-18(16)25-3/h4-12,15H,13H2,1-3H3/b21-12-,22-20-/t15-/m1/s1.